The first-order valence-corrected chi connectivity index (χ1v) is 8.71. The van der Waals surface area contributed by atoms with Gasteiger partial charge in [-0.3, -0.25) is 4.99 Å². The van der Waals surface area contributed by atoms with Gasteiger partial charge in [-0.05, 0) is 26.0 Å². The molecule has 2 N–H and O–H groups in total. The molecule has 0 fully saturated rings. The van der Waals surface area contributed by atoms with Crippen LogP contribution < -0.4 is 15.4 Å². The summed E-state index contributed by atoms with van der Waals surface area (Å²) in [5.74, 6) is 2.24. The van der Waals surface area contributed by atoms with Crippen molar-refractivity contribution in [3.8, 4) is 5.88 Å². The fourth-order valence-electron chi connectivity index (χ4n) is 2.78. The minimum Gasteiger partial charge on any atom is -0.478 e. The first kappa shape index (κ1) is 17.8. The molecule has 0 saturated carbocycles. The minimum atomic E-state index is 0.561. The number of aliphatic imine (C=N–C) groups is 1. The number of benzene rings is 1. The normalized spacial score (nSPS) is 11.6. The largest absolute Gasteiger partial charge is 0.478 e. The maximum absolute atomic E-state index is 5.93. The highest BCUT2D eigenvalue weighted by atomic mass is 16.5. The van der Waals surface area contributed by atoms with Crippen molar-refractivity contribution in [1.82, 2.24) is 15.6 Å². The Kier molecular flexibility index (Phi) is 5.73. The molecule has 6 heteroatoms. The summed E-state index contributed by atoms with van der Waals surface area (Å²) in [6.45, 7) is 5.74. The molecular weight excluding hydrogens is 328 g/mol. The molecule has 0 aliphatic carbocycles. The van der Waals surface area contributed by atoms with Crippen LogP contribution in [0, 0.1) is 6.92 Å². The fraction of sp³-hybridized carbons (Fsp3) is 0.300. The Morgan fingerprint density at radius 1 is 1.15 bits per heavy atom. The third kappa shape index (κ3) is 3.96. The Morgan fingerprint density at radius 2 is 1.96 bits per heavy atom. The van der Waals surface area contributed by atoms with Crippen LogP contribution in [0.3, 0.4) is 0 Å². The van der Waals surface area contributed by atoms with Crippen molar-refractivity contribution >= 4 is 16.9 Å². The summed E-state index contributed by atoms with van der Waals surface area (Å²) in [6, 6.07) is 11.9. The third-order valence-electron chi connectivity index (χ3n) is 4.16. The van der Waals surface area contributed by atoms with E-state index in [9.17, 15) is 0 Å². The van der Waals surface area contributed by atoms with E-state index in [2.05, 4.69) is 33.6 Å². The predicted molar refractivity (Wildman–Crippen MR) is 103 cm³/mol. The van der Waals surface area contributed by atoms with Gasteiger partial charge in [0.1, 0.15) is 11.3 Å². The van der Waals surface area contributed by atoms with Crippen molar-refractivity contribution in [2.24, 2.45) is 4.99 Å². The molecule has 6 nitrogen and oxygen atoms in total. The number of fused-ring (bicyclic) bond motifs is 1. The Bertz CT molecular complexity index is 902. The number of hydrogen-bond donors (Lipinski definition) is 2. The molecule has 2 aromatic heterocycles. The summed E-state index contributed by atoms with van der Waals surface area (Å²) >= 11 is 0. The molecule has 0 atom stereocenters. The Morgan fingerprint density at radius 3 is 2.73 bits per heavy atom. The fourth-order valence-corrected chi connectivity index (χ4v) is 2.78. The Hall–Kier alpha value is -3.02. The summed E-state index contributed by atoms with van der Waals surface area (Å²) in [5, 5.41) is 7.72. The van der Waals surface area contributed by atoms with Crippen molar-refractivity contribution in [3.05, 3.63) is 59.5 Å². The summed E-state index contributed by atoms with van der Waals surface area (Å²) in [7, 11) is 1.74. The molecule has 136 valence electrons. The summed E-state index contributed by atoms with van der Waals surface area (Å²) in [5.41, 5.74) is 3.04. The van der Waals surface area contributed by atoms with Crippen LogP contribution in [0.25, 0.3) is 11.0 Å². The van der Waals surface area contributed by atoms with Crippen LogP contribution in [-0.4, -0.2) is 24.6 Å². The maximum atomic E-state index is 5.93. The molecule has 0 aliphatic rings. The molecule has 0 unspecified atom stereocenters. The number of ether oxygens (including phenoxy) is 1. The average molecular weight is 352 g/mol. The van der Waals surface area contributed by atoms with E-state index >= 15 is 0 Å². The molecule has 2 heterocycles. The van der Waals surface area contributed by atoms with Gasteiger partial charge >= 0.3 is 0 Å². The lowest BCUT2D eigenvalue weighted by atomic mass is 10.1. The van der Waals surface area contributed by atoms with Gasteiger partial charge in [0.25, 0.3) is 0 Å². The molecule has 26 heavy (non-hydrogen) atoms. The quantitative estimate of drug-likeness (QED) is 0.525. The van der Waals surface area contributed by atoms with Crippen LogP contribution >= 0.6 is 0 Å². The maximum Gasteiger partial charge on any atom is 0.218 e. The van der Waals surface area contributed by atoms with Crippen molar-refractivity contribution in [2.45, 2.75) is 26.9 Å². The number of pyridine rings is 1. The van der Waals surface area contributed by atoms with Crippen molar-refractivity contribution in [1.29, 1.82) is 0 Å². The van der Waals surface area contributed by atoms with Gasteiger partial charge in [0, 0.05) is 36.3 Å². The van der Waals surface area contributed by atoms with E-state index < -0.39 is 0 Å². The second-order valence-corrected chi connectivity index (χ2v) is 5.83. The SMILES string of the molecule is CCOc1ncccc1CNC(=NC)NCc1oc2ccccc2c1C. The van der Waals surface area contributed by atoms with Gasteiger partial charge in [-0.2, -0.15) is 0 Å². The lowest BCUT2D eigenvalue weighted by Gasteiger charge is -2.13. The third-order valence-corrected chi connectivity index (χ3v) is 4.16. The second kappa shape index (κ2) is 8.38. The van der Waals surface area contributed by atoms with E-state index in [0.717, 1.165) is 27.9 Å². The number of para-hydroxylation sites is 1. The highest BCUT2D eigenvalue weighted by molar-refractivity contribution is 5.83. The number of hydrogen-bond acceptors (Lipinski definition) is 4. The standard InChI is InChI=1S/C20H24N4O2/c1-4-25-19-15(8-7-11-22-19)12-23-20(21-3)24-13-18-14(2)16-9-5-6-10-17(16)26-18/h5-11H,4,12-13H2,1-3H3,(H2,21,23,24). The molecule has 0 saturated heterocycles. The second-order valence-electron chi connectivity index (χ2n) is 5.83. The number of aryl methyl sites for hydroxylation is 1. The first-order chi connectivity index (χ1) is 12.7. The van der Waals surface area contributed by atoms with Gasteiger partial charge in [-0.15, -0.1) is 0 Å². The number of furan rings is 1. The topological polar surface area (TPSA) is 71.7 Å². The molecule has 0 spiro atoms. The lowest BCUT2D eigenvalue weighted by molar-refractivity contribution is 0.322. The Labute approximate surface area is 153 Å². The number of rotatable bonds is 6. The van der Waals surface area contributed by atoms with Gasteiger partial charge in [0.2, 0.25) is 5.88 Å². The predicted octanol–water partition coefficient (Wildman–Crippen LogP) is 3.40. The van der Waals surface area contributed by atoms with Crippen LogP contribution in [0.15, 0.2) is 52.0 Å². The van der Waals surface area contributed by atoms with Crippen LogP contribution in [0.4, 0.5) is 0 Å². The van der Waals surface area contributed by atoms with E-state index in [1.54, 1.807) is 13.2 Å². The van der Waals surface area contributed by atoms with Gasteiger partial charge in [0.15, 0.2) is 5.96 Å². The van der Waals surface area contributed by atoms with E-state index in [1.165, 1.54) is 0 Å². The number of nitrogens with zero attached hydrogens (tertiary/aromatic N) is 2. The molecule has 0 bridgehead atoms. The number of nitrogens with one attached hydrogen (secondary N) is 2. The van der Waals surface area contributed by atoms with Gasteiger partial charge in [-0.25, -0.2) is 4.98 Å². The molecule has 0 amide bonds. The van der Waals surface area contributed by atoms with Gasteiger partial charge < -0.3 is 19.8 Å². The number of aromatic nitrogens is 1. The van der Waals surface area contributed by atoms with Crippen molar-refractivity contribution < 1.29 is 9.15 Å². The zero-order chi connectivity index (χ0) is 18.4. The zero-order valence-electron chi connectivity index (χ0n) is 15.4. The number of guanidine groups is 1. The summed E-state index contributed by atoms with van der Waals surface area (Å²) in [6.07, 6.45) is 1.73. The summed E-state index contributed by atoms with van der Waals surface area (Å²) < 4.78 is 11.5. The van der Waals surface area contributed by atoms with E-state index in [-0.39, 0.29) is 0 Å². The smallest absolute Gasteiger partial charge is 0.218 e. The van der Waals surface area contributed by atoms with Gasteiger partial charge in [0.05, 0.1) is 13.2 Å². The molecule has 3 rings (SSSR count). The monoisotopic (exact) mass is 352 g/mol. The molecular formula is C20H24N4O2. The van der Waals surface area contributed by atoms with Gasteiger partial charge in [-0.1, -0.05) is 24.3 Å². The highest BCUT2D eigenvalue weighted by Crippen LogP contribution is 2.24. The minimum absolute atomic E-state index is 0.561. The van der Waals surface area contributed by atoms with Crippen LogP contribution in [-0.2, 0) is 13.1 Å². The van der Waals surface area contributed by atoms with Crippen LogP contribution in [0.5, 0.6) is 5.88 Å². The van der Waals surface area contributed by atoms with Crippen molar-refractivity contribution in [2.75, 3.05) is 13.7 Å². The molecule has 0 radical (unpaired) electrons. The van der Waals surface area contributed by atoms with Crippen molar-refractivity contribution in [3.63, 3.8) is 0 Å². The van der Waals surface area contributed by atoms with E-state index in [4.69, 9.17) is 9.15 Å². The molecule has 0 aliphatic heterocycles. The average Bonchev–Trinajstić information content (AvgIpc) is 2.99. The summed E-state index contributed by atoms with van der Waals surface area (Å²) in [4.78, 5) is 8.53. The molecule has 3 aromatic rings. The lowest BCUT2D eigenvalue weighted by Crippen LogP contribution is -2.36. The van der Waals surface area contributed by atoms with Crippen LogP contribution in [0.2, 0.25) is 0 Å². The van der Waals surface area contributed by atoms with E-state index in [0.29, 0.717) is 31.5 Å². The first-order valence-electron chi connectivity index (χ1n) is 8.71. The Balaban J connectivity index is 1.62. The van der Waals surface area contributed by atoms with Crippen LogP contribution in [0.1, 0.15) is 23.8 Å². The van der Waals surface area contributed by atoms with E-state index in [1.807, 2.05) is 37.3 Å². The zero-order valence-corrected chi connectivity index (χ0v) is 15.4. The highest BCUT2D eigenvalue weighted by Gasteiger charge is 2.11. The molecule has 1 aromatic carbocycles.